The summed E-state index contributed by atoms with van der Waals surface area (Å²) in [6, 6.07) is 6.77. The fourth-order valence-electron chi connectivity index (χ4n) is 1.65. The Morgan fingerprint density at radius 3 is 2.45 bits per heavy atom. The van der Waals surface area contributed by atoms with Gasteiger partial charge in [-0.1, -0.05) is 13.3 Å². The average Bonchev–Trinajstić information content (AvgIpc) is 2.46. The molecule has 0 aliphatic heterocycles. The van der Waals surface area contributed by atoms with Crippen LogP contribution in [0, 0.1) is 0 Å². The van der Waals surface area contributed by atoms with E-state index in [2.05, 4.69) is 10.6 Å². The van der Waals surface area contributed by atoms with Gasteiger partial charge < -0.3 is 15.7 Å². The molecule has 110 valence electrons. The maximum atomic E-state index is 11.7. The van der Waals surface area contributed by atoms with Gasteiger partial charge in [-0.25, -0.2) is 0 Å². The number of benzene rings is 1. The van der Waals surface area contributed by atoms with Crippen LogP contribution in [-0.2, 0) is 4.79 Å². The zero-order valence-electron chi connectivity index (χ0n) is 11.8. The molecule has 0 aliphatic carbocycles. The maximum Gasteiger partial charge on any atom is 0.251 e. The van der Waals surface area contributed by atoms with Gasteiger partial charge in [0, 0.05) is 30.8 Å². The number of aliphatic hydroxyl groups excluding tert-OH is 1. The molecule has 1 rings (SSSR count). The van der Waals surface area contributed by atoms with Crippen molar-refractivity contribution < 1.29 is 14.7 Å². The van der Waals surface area contributed by atoms with Crippen LogP contribution >= 0.6 is 0 Å². The first-order valence-electron chi connectivity index (χ1n) is 6.96. The highest BCUT2D eigenvalue weighted by atomic mass is 16.3. The lowest BCUT2D eigenvalue weighted by Gasteiger charge is -2.07. The van der Waals surface area contributed by atoms with Crippen molar-refractivity contribution in [2.24, 2.45) is 0 Å². The van der Waals surface area contributed by atoms with Gasteiger partial charge in [-0.2, -0.15) is 0 Å². The van der Waals surface area contributed by atoms with Gasteiger partial charge in [-0.15, -0.1) is 0 Å². The zero-order valence-corrected chi connectivity index (χ0v) is 11.8. The van der Waals surface area contributed by atoms with Crippen molar-refractivity contribution in [2.75, 3.05) is 18.5 Å². The van der Waals surface area contributed by atoms with E-state index in [9.17, 15) is 9.59 Å². The molecule has 0 aromatic heterocycles. The number of rotatable bonds is 8. The molecule has 5 nitrogen and oxygen atoms in total. The molecule has 1 aromatic carbocycles. The molecule has 0 unspecified atom stereocenters. The summed E-state index contributed by atoms with van der Waals surface area (Å²) in [5.74, 6) is -0.186. The second-order valence-corrected chi connectivity index (χ2v) is 4.56. The summed E-state index contributed by atoms with van der Waals surface area (Å²) < 4.78 is 0. The predicted molar refractivity (Wildman–Crippen MR) is 78.6 cm³/mol. The van der Waals surface area contributed by atoms with Crippen LogP contribution < -0.4 is 10.6 Å². The third-order valence-corrected chi connectivity index (χ3v) is 2.81. The van der Waals surface area contributed by atoms with E-state index in [-0.39, 0.29) is 18.4 Å². The van der Waals surface area contributed by atoms with Gasteiger partial charge in [0.25, 0.3) is 5.91 Å². The van der Waals surface area contributed by atoms with Gasteiger partial charge in [-0.05, 0) is 37.1 Å². The maximum absolute atomic E-state index is 11.7. The summed E-state index contributed by atoms with van der Waals surface area (Å²) in [5.41, 5.74) is 1.23. The van der Waals surface area contributed by atoms with Gasteiger partial charge in [-0.3, -0.25) is 9.59 Å². The Morgan fingerprint density at radius 2 is 1.85 bits per heavy atom. The van der Waals surface area contributed by atoms with E-state index < -0.39 is 0 Å². The first kappa shape index (κ1) is 16.2. The molecule has 5 heteroatoms. The predicted octanol–water partition coefficient (Wildman–Crippen LogP) is 1.93. The summed E-state index contributed by atoms with van der Waals surface area (Å²) in [6.07, 6.45) is 2.91. The van der Waals surface area contributed by atoms with Gasteiger partial charge in [0.15, 0.2) is 0 Å². The number of unbranched alkanes of at least 4 members (excludes halogenated alkanes) is 1. The van der Waals surface area contributed by atoms with Crippen LogP contribution in [0.3, 0.4) is 0 Å². The van der Waals surface area contributed by atoms with Crippen LogP contribution in [0.5, 0.6) is 0 Å². The molecule has 0 heterocycles. The van der Waals surface area contributed by atoms with Crippen molar-refractivity contribution >= 4 is 17.5 Å². The fraction of sp³-hybridized carbons (Fsp3) is 0.467. The highest BCUT2D eigenvalue weighted by molar-refractivity contribution is 5.95. The van der Waals surface area contributed by atoms with Crippen LogP contribution in [0.4, 0.5) is 5.69 Å². The summed E-state index contributed by atoms with van der Waals surface area (Å²) in [7, 11) is 0. The lowest BCUT2D eigenvalue weighted by Crippen LogP contribution is -2.24. The monoisotopic (exact) mass is 278 g/mol. The Labute approximate surface area is 119 Å². The van der Waals surface area contributed by atoms with Gasteiger partial charge in [0.2, 0.25) is 5.91 Å². The number of amides is 2. The van der Waals surface area contributed by atoms with Gasteiger partial charge >= 0.3 is 0 Å². The molecule has 0 bridgehead atoms. The van der Waals surface area contributed by atoms with E-state index in [1.54, 1.807) is 24.3 Å². The molecular formula is C15H22N2O3. The average molecular weight is 278 g/mol. The van der Waals surface area contributed by atoms with Gasteiger partial charge in [0.1, 0.15) is 0 Å². The molecule has 20 heavy (non-hydrogen) atoms. The molecule has 1 aromatic rings. The van der Waals surface area contributed by atoms with Crippen molar-refractivity contribution in [3.63, 3.8) is 0 Å². The summed E-state index contributed by atoms with van der Waals surface area (Å²) in [4.78, 5) is 23.3. The molecule has 0 radical (unpaired) electrons. The smallest absolute Gasteiger partial charge is 0.251 e. The third kappa shape index (κ3) is 5.84. The lowest BCUT2D eigenvalue weighted by molar-refractivity contribution is -0.116. The van der Waals surface area contributed by atoms with E-state index in [1.807, 2.05) is 6.92 Å². The number of carbonyl (C=O) groups is 2. The quantitative estimate of drug-likeness (QED) is 0.636. The largest absolute Gasteiger partial charge is 0.396 e. The molecule has 0 fully saturated rings. The third-order valence-electron chi connectivity index (χ3n) is 2.81. The van der Waals surface area contributed by atoms with Crippen molar-refractivity contribution in [1.29, 1.82) is 0 Å². The molecule has 2 amide bonds. The van der Waals surface area contributed by atoms with Crippen molar-refractivity contribution in [3.05, 3.63) is 29.8 Å². The summed E-state index contributed by atoms with van der Waals surface area (Å²) >= 11 is 0. The first-order valence-corrected chi connectivity index (χ1v) is 6.96. The standard InChI is InChI=1S/C15H22N2O3/c1-2-3-5-14(19)17-13-8-6-12(7-9-13)15(20)16-10-4-11-18/h6-9,18H,2-5,10-11H2,1H3,(H,16,20)(H,17,19). The van der Waals surface area contributed by atoms with Crippen LogP contribution in [0.15, 0.2) is 24.3 Å². The Hall–Kier alpha value is -1.88. The van der Waals surface area contributed by atoms with Crippen molar-refractivity contribution in [3.8, 4) is 0 Å². The molecule has 0 saturated carbocycles. The Bertz CT molecular complexity index is 429. The van der Waals surface area contributed by atoms with E-state index in [0.29, 0.717) is 30.6 Å². The highest BCUT2D eigenvalue weighted by Gasteiger charge is 2.06. The summed E-state index contributed by atoms with van der Waals surface area (Å²) in [5, 5.41) is 14.1. The fourth-order valence-corrected chi connectivity index (χ4v) is 1.65. The number of anilines is 1. The van der Waals surface area contributed by atoms with Crippen LogP contribution in [-0.4, -0.2) is 30.1 Å². The summed E-state index contributed by atoms with van der Waals surface area (Å²) in [6.45, 7) is 2.55. The van der Waals surface area contributed by atoms with Crippen LogP contribution in [0.1, 0.15) is 43.0 Å². The molecule has 3 N–H and O–H groups in total. The normalized spacial score (nSPS) is 10.1. The minimum absolute atomic E-state index is 0.00741. The van der Waals surface area contributed by atoms with Crippen molar-refractivity contribution in [2.45, 2.75) is 32.6 Å². The number of nitrogens with one attached hydrogen (secondary N) is 2. The van der Waals surface area contributed by atoms with E-state index in [4.69, 9.17) is 5.11 Å². The first-order chi connectivity index (χ1) is 9.67. The molecular weight excluding hydrogens is 256 g/mol. The number of carbonyl (C=O) groups excluding carboxylic acids is 2. The lowest BCUT2D eigenvalue weighted by atomic mass is 10.2. The molecule has 0 spiro atoms. The Morgan fingerprint density at radius 1 is 1.15 bits per heavy atom. The van der Waals surface area contributed by atoms with Crippen molar-refractivity contribution in [1.82, 2.24) is 5.32 Å². The Kier molecular flexibility index (Phi) is 7.35. The minimum atomic E-state index is -0.178. The number of hydrogen-bond acceptors (Lipinski definition) is 3. The Balaban J connectivity index is 2.47. The SMILES string of the molecule is CCCCC(=O)Nc1ccc(C(=O)NCCCO)cc1. The zero-order chi connectivity index (χ0) is 14.8. The molecule has 0 aliphatic rings. The van der Waals surface area contributed by atoms with Crippen LogP contribution in [0.25, 0.3) is 0 Å². The minimum Gasteiger partial charge on any atom is -0.396 e. The number of hydrogen-bond donors (Lipinski definition) is 3. The van der Waals surface area contributed by atoms with E-state index in [0.717, 1.165) is 12.8 Å². The van der Waals surface area contributed by atoms with Gasteiger partial charge in [0.05, 0.1) is 0 Å². The second-order valence-electron chi connectivity index (χ2n) is 4.56. The second kappa shape index (κ2) is 9.09. The molecule has 0 saturated heterocycles. The number of aliphatic hydroxyl groups is 1. The topological polar surface area (TPSA) is 78.4 Å². The van der Waals surface area contributed by atoms with Crippen LogP contribution in [0.2, 0.25) is 0 Å². The highest BCUT2D eigenvalue weighted by Crippen LogP contribution is 2.10. The van der Waals surface area contributed by atoms with E-state index in [1.165, 1.54) is 0 Å². The molecule has 0 atom stereocenters. The van der Waals surface area contributed by atoms with E-state index >= 15 is 0 Å².